The summed E-state index contributed by atoms with van der Waals surface area (Å²) in [6.45, 7) is 4.41. The van der Waals surface area contributed by atoms with E-state index in [1.165, 1.54) is 0 Å². The van der Waals surface area contributed by atoms with Crippen LogP contribution in [0.15, 0.2) is 48.9 Å². The van der Waals surface area contributed by atoms with E-state index in [-0.39, 0.29) is 11.8 Å². The highest BCUT2D eigenvalue weighted by molar-refractivity contribution is 5.97. The SMILES string of the molecule is CC(C)C(=O)n1cc(CCN)c2ccc(-c3ccncc3)cc21. The summed E-state index contributed by atoms with van der Waals surface area (Å²) < 4.78 is 1.77. The predicted molar refractivity (Wildman–Crippen MR) is 93.4 cm³/mol. The third kappa shape index (κ3) is 2.90. The minimum atomic E-state index is -0.0547. The lowest BCUT2D eigenvalue weighted by Gasteiger charge is -2.08. The van der Waals surface area contributed by atoms with Gasteiger partial charge in [-0.15, -0.1) is 0 Å². The molecule has 0 saturated heterocycles. The Bertz CT molecular complexity index is 834. The summed E-state index contributed by atoms with van der Waals surface area (Å²) in [7, 11) is 0. The molecule has 0 fully saturated rings. The topological polar surface area (TPSA) is 60.9 Å². The lowest BCUT2D eigenvalue weighted by atomic mass is 10.0. The molecular weight excluding hydrogens is 286 g/mol. The molecule has 0 unspecified atom stereocenters. The van der Waals surface area contributed by atoms with Crippen LogP contribution in [0.5, 0.6) is 0 Å². The zero-order chi connectivity index (χ0) is 16.4. The van der Waals surface area contributed by atoms with Crippen LogP contribution in [0.4, 0.5) is 0 Å². The van der Waals surface area contributed by atoms with Gasteiger partial charge in [0.2, 0.25) is 5.91 Å². The molecule has 4 heteroatoms. The minimum absolute atomic E-state index is 0.0547. The highest BCUT2D eigenvalue weighted by Gasteiger charge is 2.16. The van der Waals surface area contributed by atoms with Crippen LogP contribution >= 0.6 is 0 Å². The second-order valence-electron chi connectivity index (χ2n) is 6.02. The Hall–Kier alpha value is -2.46. The second-order valence-corrected chi connectivity index (χ2v) is 6.02. The van der Waals surface area contributed by atoms with Crippen molar-refractivity contribution in [3.63, 3.8) is 0 Å². The first-order chi connectivity index (χ1) is 11.1. The van der Waals surface area contributed by atoms with Crippen molar-refractivity contribution >= 4 is 16.8 Å². The van der Waals surface area contributed by atoms with E-state index in [9.17, 15) is 4.79 Å². The maximum Gasteiger partial charge on any atom is 0.233 e. The Balaban J connectivity index is 2.19. The van der Waals surface area contributed by atoms with E-state index >= 15 is 0 Å². The number of nitrogens with two attached hydrogens (primary N) is 1. The van der Waals surface area contributed by atoms with E-state index < -0.39 is 0 Å². The highest BCUT2D eigenvalue weighted by atomic mass is 16.2. The van der Waals surface area contributed by atoms with Gasteiger partial charge in [-0.1, -0.05) is 26.0 Å². The van der Waals surface area contributed by atoms with Crippen molar-refractivity contribution in [3.8, 4) is 11.1 Å². The number of benzene rings is 1. The second kappa shape index (κ2) is 6.34. The van der Waals surface area contributed by atoms with Gasteiger partial charge in [-0.2, -0.15) is 0 Å². The molecule has 1 aromatic carbocycles. The largest absolute Gasteiger partial charge is 0.330 e. The van der Waals surface area contributed by atoms with Crippen LogP contribution < -0.4 is 5.73 Å². The number of pyridine rings is 1. The van der Waals surface area contributed by atoms with E-state index in [1.54, 1.807) is 17.0 Å². The molecule has 0 amide bonds. The van der Waals surface area contributed by atoms with Gasteiger partial charge in [-0.3, -0.25) is 14.3 Å². The summed E-state index contributed by atoms with van der Waals surface area (Å²) >= 11 is 0. The summed E-state index contributed by atoms with van der Waals surface area (Å²) in [5, 5.41) is 1.10. The Morgan fingerprint density at radius 3 is 2.57 bits per heavy atom. The Labute approximate surface area is 136 Å². The molecule has 118 valence electrons. The van der Waals surface area contributed by atoms with Gasteiger partial charge < -0.3 is 5.73 Å². The molecule has 0 atom stereocenters. The summed E-state index contributed by atoms with van der Waals surface area (Å²) in [6.07, 6.45) is 6.26. The molecule has 2 heterocycles. The maximum atomic E-state index is 12.5. The number of carbonyl (C=O) groups is 1. The molecule has 0 radical (unpaired) electrons. The van der Waals surface area contributed by atoms with E-state index in [0.717, 1.165) is 34.0 Å². The van der Waals surface area contributed by atoms with E-state index in [0.29, 0.717) is 6.54 Å². The van der Waals surface area contributed by atoms with Gasteiger partial charge >= 0.3 is 0 Å². The summed E-state index contributed by atoms with van der Waals surface area (Å²) in [4.78, 5) is 16.6. The predicted octanol–water partition coefficient (Wildman–Crippen LogP) is 3.50. The Morgan fingerprint density at radius 2 is 1.91 bits per heavy atom. The zero-order valence-electron chi connectivity index (χ0n) is 13.5. The van der Waals surface area contributed by atoms with Crippen LogP contribution in [0.1, 0.15) is 24.2 Å². The van der Waals surface area contributed by atoms with Crippen molar-refractivity contribution in [1.82, 2.24) is 9.55 Å². The van der Waals surface area contributed by atoms with Crippen LogP contribution in [-0.4, -0.2) is 22.0 Å². The van der Waals surface area contributed by atoms with Gasteiger partial charge in [0, 0.05) is 29.9 Å². The number of carbonyl (C=O) groups excluding carboxylic acids is 1. The molecule has 3 aromatic rings. The Morgan fingerprint density at radius 1 is 1.17 bits per heavy atom. The van der Waals surface area contributed by atoms with Crippen LogP contribution in [0.3, 0.4) is 0 Å². The summed E-state index contributed by atoms with van der Waals surface area (Å²) in [5.74, 6) is 0.0473. The molecule has 0 spiro atoms. The molecule has 3 rings (SSSR count). The van der Waals surface area contributed by atoms with E-state index in [1.807, 2.05) is 32.2 Å². The van der Waals surface area contributed by atoms with Crippen molar-refractivity contribution in [2.45, 2.75) is 20.3 Å². The summed E-state index contributed by atoms with van der Waals surface area (Å²) in [6, 6.07) is 10.2. The van der Waals surface area contributed by atoms with Crippen molar-refractivity contribution in [2.75, 3.05) is 6.54 Å². The monoisotopic (exact) mass is 307 g/mol. The number of rotatable bonds is 4. The van der Waals surface area contributed by atoms with Crippen LogP contribution in [-0.2, 0) is 6.42 Å². The maximum absolute atomic E-state index is 12.5. The minimum Gasteiger partial charge on any atom is -0.330 e. The molecule has 0 bridgehead atoms. The van der Waals surface area contributed by atoms with Gasteiger partial charge in [0.25, 0.3) is 0 Å². The number of hydrogen-bond donors (Lipinski definition) is 1. The van der Waals surface area contributed by atoms with Crippen molar-refractivity contribution in [2.24, 2.45) is 11.7 Å². The molecule has 2 aromatic heterocycles. The third-order valence-electron chi connectivity index (χ3n) is 4.05. The lowest BCUT2D eigenvalue weighted by Crippen LogP contribution is -2.15. The molecule has 0 aliphatic heterocycles. The first-order valence-corrected chi connectivity index (χ1v) is 7.90. The highest BCUT2D eigenvalue weighted by Crippen LogP contribution is 2.28. The number of nitrogens with zero attached hydrogens (tertiary/aromatic N) is 2. The van der Waals surface area contributed by atoms with Crippen LogP contribution in [0, 0.1) is 5.92 Å². The molecular formula is C19H21N3O. The molecule has 4 nitrogen and oxygen atoms in total. The summed E-state index contributed by atoms with van der Waals surface area (Å²) in [5.41, 5.74) is 9.95. The number of fused-ring (bicyclic) bond motifs is 1. The molecule has 0 saturated carbocycles. The standard InChI is InChI=1S/C19H21N3O/c1-13(2)19(23)22-12-16(5-8-20)17-4-3-15(11-18(17)22)14-6-9-21-10-7-14/h3-4,6-7,9-13H,5,8,20H2,1-2H3. The fourth-order valence-electron chi connectivity index (χ4n) is 2.84. The van der Waals surface area contributed by atoms with Crippen LogP contribution in [0.25, 0.3) is 22.0 Å². The zero-order valence-corrected chi connectivity index (χ0v) is 13.5. The van der Waals surface area contributed by atoms with Crippen molar-refractivity contribution < 1.29 is 4.79 Å². The third-order valence-corrected chi connectivity index (χ3v) is 4.05. The molecule has 23 heavy (non-hydrogen) atoms. The lowest BCUT2D eigenvalue weighted by molar-refractivity contribution is 0.0860. The molecule has 0 aliphatic rings. The van der Waals surface area contributed by atoms with E-state index in [2.05, 4.69) is 23.2 Å². The number of aromatic nitrogens is 2. The smallest absolute Gasteiger partial charge is 0.233 e. The molecule has 0 aliphatic carbocycles. The first-order valence-electron chi connectivity index (χ1n) is 7.90. The fraction of sp³-hybridized carbons (Fsp3) is 0.263. The first kappa shape index (κ1) is 15.4. The normalized spacial score (nSPS) is 11.3. The van der Waals surface area contributed by atoms with Gasteiger partial charge in [0.05, 0.1) is 5.52 Å². The molecule has 2 N–H and O–H groups in total. The Kier molecular flexibility index (Phi) is 4.26. The fourth-order valence-corrected chi connectivity index (χ4v) is 2.84. The van der Waals surface area contributed by atoms with Gasteiger partial charge in [0.15, 0.2) is 0 Å². The van der Waals surface area contributed by atoms with Gasteiger partial charge in [-0.25, -0.2) is 0 Å². The quantitative estimate of drug-likeness (QED) is 0.802. The average Bonchev–Trinajstić information content (AvgIpc) is 2.93. The van der Waals surface area contributed by atoms with Crippen molar-refractivity contribution in [1.29, 1.82) is 0 Å². The van der Waals surface area contributed by atoms with Gasteiger partial charge in [0.1, 0.15) is 0 Å². The number of hydrogen-bond acceptors (Lipinski definition) is 3. The van der Waals surface area contributed by atoms with Gasteiger partial charge in [-0.05, 0) is 47.9 Å². The van der Waals surface area contributed by atoms with Crippen molar-refractivity contribution in [3.05, 3.63) is 54.5 Å². The van der Waals surface area contributed by atoms with E-state index in [4.69, 9.17) is 5.73 Å². The van der Waals surface area contributed by atoms with Crippen LogP contribution in [0.2, 0.25) is 0 Å². The average molecular weight is 307 g/mol.